The molecule has 1 aromatic carbocycles. The third kappa shape index (κ3) is 4.30. The van der Waals surface area contributed by atoms with Crippen LogP contribution in [0.1, 0.15) is 30.3 Å². The minimum Gasteiger partial charge on any atom is -0.493 e. The van der Waals surface area contributed by atoms with Crippen LogP contribution in [0.25, 0.3) is 6.08 Å². The number of hydrogen-bond acceptors (Lipinski definition) is 8. The molecule has 3 aromatic rings. The Kier molecular flexibility index (Phi) is 7.01. The maximum Gasteiger partial charge on any atom is 0.338 e. The van der Waals surface area contributed by atoms with Crippen molar-refractivity contribution in [2.75, 3.05) is 20.3 Å². The summed E-state index contributed by atoms with van der Waals surface area (Å²) < 4.78 is 18.4. The lowest BCUT2D eigenvalue weighted by Crippen LogP contribution is -2.39. The first-order chi connectivity index (χ1) is 16.5. The summed E-state index contributed by atoms with van der Waals surface area (Å²) in [5.74, 6) is 2.93. The van der Waals surface area contributed by atoms with Crippen molar-refractivity contribution in [2.24, 2.45) is 4.99 Å². The van der Waals surface area contributed by atoms with Crippen molar-refractivity contribution in [3.63, 3.8) is 0 Å². The largest absolute Gasteiger partial charge is 0.493 e. The Morgan fingerprint density at radius 3 is 2.82 bits per heavy atom. The van der Waals surface area contributed by atoms with Gasteiger partial charge in [-0.05, 0) is 37.4 Å². The van der Waals surface area contributed by atoms with Gasteiger partial charge in [0.15, 0.2) is 16.3 Å². The van der Waals surface area contributed by atoms with E-state index in [1.165, 1.54) is 29.8 Å². The van der Waals surface area contributed by atoms with Gasteiger partial charge in [-0.2, -0.15) is 0 Å². The number of ether oxygens (including phenoxy) is 3. The van der Waals surface area contributed by atoms with Crippen molar-refractivity contribution in [1.29, 1.82) is 0 Å². The number of nitrogens with zero attached hydrogens (tertiary/aromatic N) is 2. The highest BCUT2D eigenvalue weighted by Crippen LogP contribution is 2.34. The lowest BCUT2D eigenvalue weighted by Gasteiger charge is -2.23. The van der Waals surface area contributed by atoms with Crippen LogP contribution in [0.5, 0.6) is 11.5 Å². The first-order valence-electron chi connectivity index (χ1n) is 10.5. The van der Waals surface area contributed by atoms with E-state index >= 15 is 0 Å². The zero-order valence-corrected chi connectivity index (χ0v) is 20.5. The SMILES string of the molecule is C#CCOc1c(/C=c2\sc3n(c2=O)[C@H](c2cccs2)C(C(=O)OCC)=C(C)N=3)cccc1OC. The molecule has 0 aliphatic carbocycles. The number of terminal acetylenes is 1. The lowest BCUT2D eigenvalue weighted by atomic mass is 10.0. The molecule has 0 amide bonds. The fourth-order valence-electron chi connectivity index (χ4n) is 3.72. The average molecular weight is 495 g/mol. The topological polar surface area (TPSA) is 79.1 Å². The number of thiophene rings is 1. The molecule has 7 nitrogen and oxygen atoms in total. The Balaban J connectivity index is 1.93. The third-order valence-corrected chi connectivity index (χ3v) is 7.05. The molecular formula is C25H22N2O5S2. The predicted octanol–water partition coefficient (Wildman–Crippen LogP) is 2.88. The summed E-state index contributed by atoms with van der Waals surface area (Å²) >= 11 is 2.71. The molecule has 4 rings (SSSR count). The molecule has 0 saturated heterocycles. The minimum absolute atomic E-state index is 0.0585. The molecule has 0 saturated carbocycles. The van der Waals surface area contributed by atoms with Crippen molar-refractivity contribution >= 4 is 34.7 Å². The summed E-state index contributed by atoms with van der Waals surface area (Å²) in [5.41, 5.74) is 1.28. The number of methoxy groups -OCH3 is 1. The summed E-state index contributed by atoms with van der Waals surface area (Å²) in [4.78, 5) is 32.4. The van der Waals surface area contributed by atoms with Crippen molar-refractivity contribution < 1.29 is 19.0 Å². The van der Waals surface area contributed by atoms with E-state index in [0.29, 0.717) is 37.7 Å². The van der Waals surface area contributed by atoms with Gasteiger partial charge in [-0.25, -0.2) is 9.79 Å². The number of allylic oxidation sites excluding steroid dienone is 1. The molecule has 9 heteroatoms. The number of thiazole rings is 1. The van der Waals surface area contributed by atoms with Gasteiger partial charge in [0.25, 0.3) is 5.56 Å². The zero-order valence-electron chi connectivity index (χ0n) is 18.9. The van der Waals surface area contributed by atoms with Crippen molar-refractivity contribution in [3.8, 4) is 23.8 Å². The van der Waals surface area contributed by atoms with E-state index in [1.54, 1.807) is 30.6 Å². The molecule has 0 unspecified atom stereocenters. The molecule has 3 heterocycles. The molecule has 2 aromatic heterocycles. The number of aromatic nitrogens is 1. The van der Waals surface area contributed by atoms with Crippen molar-refractivity contribution in [3.05, 3.63) is 77.1 Å². The molecule has 0 fully saturated rings. The second-order valence-corrected chi connectivity index (χ2v) is 9.18. The van der Waals surface area contributed by atoms with E-state index in [9.17, 15) is 9.59 Å². The minimum atomic E-state index is -0.611. The van der Waals surface area contributed by atoms with Gasteiger partial charge in [-0.15, -0.1) is 17.8 Å². The third-order valence-electron chi connectivity index (χ3n) is 5.15. The zero-order chi connectivity index (χ0) is 24.2. The average Bonchev–Trinajstić information content (AvgIpc) is 3.46. The van der Waals surface area contributed by atoms with Crippen LogP contribution in [0.15, 0.2) is 56.8 Å². The standard InChI is InChI=1S/C25H22N2O5S2/c1-5-12-32-22-16(9-7-10-17(22)30-4)14-19-23(28)27-21(18-11-8-13-33-18)20(24(29)31-6-2)15(3)26-25(27)34-19/h1,7-11,13-14,21H,6,12H2,2-4H3/b19-14-/t21-/m1/s1. The predicted molar refractivity (Wildman–Crippen MR) is 132 cm³/mol. The van der Waals surface area contributed by atoms with Gasteiger partial charge >= 0.3 is 5.97 Å². The number of esters is 1. The van der Waals surface area contributed by atoms with Gasteiger partial charge in [-0.3, -0.25) is 9.36 Å². The Labute approximate surface area is 204 Å². The van der Waals surface area contributed by atoms with E-state index in [1.807, 2.05) is 29.6 Å². The highest BCUT2D eigenvalue weighted by molar-refractivity contribution is 7.10. The van der Waals surface area contributed by atoms with E-state index < -0.39 is 12.0 Å². The molecule has 34 heavy (non-hydrogen) atoms. The first-order valence-corrected chi connectivity index (χ1v) is 12.2. The second kappa shape index (κ2) is 10.1. The summed E-state index contributed by atoms with van der Waals surface area (Å²) in [6.07, 6.45) is 7.09. The second-order valence-electron chi connectivity index (χ2n) is 7.19. The fourth-order valence-corrected chi connectivity index (χ4v) is 5.59. The Morgan fingerprint density at radius 2 is 2.15 bits per heavy atom. The molecule has 1 aliphatic heterocycles. The molecule has 174 valence electrons. The molecule has 0 spiro atoms. The molecule has 0 bridgehead atoms. The number of fused-ring (bicyclic) bond motifs is 1. The van der Waals surface area contributed by atoms with Crippen LogP contribution in [-0.4, -0.2) is 30.9 Å². The summed E-state index contributed by atoms with van der Waals surface area (Å²) in [6, 6.07) is 8.56. The molecular weight excluding hydrogens is 472 g/mol. The van der Waals surface area contributed by atoms with Crippen molar-refractivity contribution in [1.82, 2.24) is 4.57 Å². The smallest absolute Gasteiger partial charge is 0.338 e. The number of carbonyl (C=O) groups excluding carboxylic acids is 1. The van der Waals surface area contributed by atoms with Crippen LogP contribution in [0.3, 0.4) is 0 Å². The maximum atomic E-state index is 13.6. The number of benzene rings is 1. The van der Waals surface area contributed by atoms with Crippen molar-refractivity contribution in [2.45, 2.75) is 19.9 Å². The summed E-state index contributed by atoms with van der Waals surface area (Å²) in [5, 5.41) is 1.91. The number of carbonyl (C=O) groups is 1. The van der Waals surface area contributed by atoms with E-state index in [-0.39, 0.29) is 18.8 Å². The molecule has 0 N–H and O–H groups in total. The normalized spacial score (nSPS) is 15.4. The maximum absolute atomic E-state index is 13.6. The fraction of sp³-hybridized carbons (Fsp3) is 0.240. The molecule has 1 aliphatic rings. The number of para-hydroxylation sites is 1. The van der Waals surface area contributed by atoms with Gasteiger partial charge in [0.2, 0.25) is 0 Å². The first kappa shape index (κ1) is 23.5. The van der Waals surface area contributed by atoms with E-state index in [2.05, 4.69) is 10.9 Å². The number of rotatable bonds is 7. The Bertz CT molecular complexity index is 1470. The molecule has 1 atom stereocenters. The highest BCUT2D eigenvalue weighted by Gasteiger charge is 2.33. The van der Waals surface area contributed by atoms with E-state index in [4.69, 9.17) is 20.6 Å². The van der Waals surface area contributed by atoms with Gasteiger partial charge in [-0.1, -0.05) is 35.5 Å². The quantitative estimate of drug-likeness (QED) is 0.373. The van der Waals surface area contributed by atoms with Crippen LogP contribution >= 0.6 is 22.7 Å². The van der Waals surface area contributed by atoms with Gasteiger partial charge in [0, 0.05) is 10.4 Å². The lowest BCUT2D eigenvalue weighted by molar-refractivity contribution is -0.139. The monoisotopic (exact) mass is 494 g/mol. The van der Waals surface area contributed by atoms with Gasteiger partial charge in [0.05, 0.1) is 29.5 Å². The van der Waals surface area contributed by atoms with Gasteiger partial charge < -0.3 is 14.2 Å². The van der Waals surface area contributed by atoms with E-state index in [0.717, 1.165) is 4.88 Å². The Morgan fingerprint density at radius 1 is 1.32 bits per heavy atom. The summed E-state index contributed by atoms with van der Waals surface area (Å²) in [7, 11) is 1.54. The van der Waals surface area contributed by atoms with Crippen LogP contribution in [0, 0.1) is 12.3 Å². The number of hydrogen-bond donors (Lipinski definition) is 0. The van der Waals surface area contributed by atoms with Crippen LogP contribution in [0.2, 0.25) is 0 Å². The molecule has 0 radical (unpaired) electrons. The van der Waals surface area contributed by atoms with Crippen LogP contribution in [0.4, 0.5) is 0 Å². The van der Waals surface area contributed by atoms with Crippen LogP contribution in [-0.2, 0) is 9.53 Å². The van der Waals surface area contributed by atoms with Gasteiger partial charge in [0.1, 0.15) is 12.6 Å². The summed E-state index contributed by atoms with van der Waals surface area (Å²) in [6.45, 7) is 3.80. The highest BCUT2D eigenvalue weighted by atomic mass is 32.1. The Hall–Kier alpha value is -3.61. The van der Waals surface area contributed by atoms with Crippen LogP contribution < -0.4 is 24.4 Å².